The molecule has 0 fully saturated rings. The number of carbonyl (C=O) groups excluding carboxylic acids is 1. The quantitative estimate of drug-likeness (QED) is 0.840. The minimum Gasteiger partial charge on any atom is -0.354 e. The second-order valence-electron chi connectivity index (χ2n) is 6.15. The van der Waals surface area contributed by atoms with Gasteiger partial charge in [-0.25, -0.2) is 4.39 Å². The van der Waals surface area contributed by atoms with Crippen molar-refractivity contribution in [2.24, 2.45) is 0 Å². The van der Waals surface area contributed by atoms with Gasteiger partial charge >= 0.3 is 0 Å². The molecule has 0 saturated carbocycles. The van der Waals surface area contributed by atoms with Crippen molar-refractivity contribution in [3.63, 3.8) is 0 Å². The summed E-state index contributed by atoms with van der Waals surface area (Å²) in [6, 6.07) is 16.2. The monoisotopic (exact) mass is 328 g/mol. The Morgan fingerprint density at radius 3 is 2.33 bits per heavy atom. The van der Waals surface area contributed by atoms with E-state index in [-0.39, 0.29) is 23.7 Å². The highest BCUT2D eigenvalue weighted by Crippen LogP contribution is 2.21. The lowest BCUT2D eigenvalue weighted by atomic mass is 9.95. The molecule has 128 valence electrons. The van der Waals surface area contributed by atoms with Crippen LogP contribution in [-0.4, -0.2) is 31.4 Å². The van der Waals surface area contributed by atoms with Crippen LogP contribution < -0.4 is 5.32 Å². The number of amides is 1. The van der Waals surface area contributed by atoms with E-state index in [9.17, 15) is 9.18 Å². The van der Waals surface area contributed by atoms with E-state index in [1.165, 1.54) is 12.1 Å². The number of rotatable bonds is 7. The Kier molecular flexibility index (Phi) is 6.50. The van der Waals surface area contributed by atoms with E-state index in [1.807, 2.05) is 62.3 Å². The summed E-state index contributed by atoms with van der Waals surface area (Å²) in [6.45, 7) is 2.45. The first-order valence-corrected chi connectivity index (χ1v) is 8.27. The number of halogens is 1. The molecular weight excluding hydrogens is 303 g/mol. The van der Waals surface area contributed by atoms with E-state index in [4.69, 9.17) is 0 Å². The average Bonchev–Trinajstić information content (AvgIpc) is 2.56. The van der Waals surface area contributed by atoms with Crippen LogP contribution in [0.2, 0.25) is 0 Å². The van der Waals surface area contributed by atoms with Crippen LogP contribution in [0.1, 0.15) is 36.4 Å². The summed E-state index contributed by atoms with van der Waals surface area (Å²) in [5, 5.41) is 3.03. The normalized spacial score (nSPS) is 13.5. The van der Waals surface area contributed by atoms with Gasteiger partial charge in [-0.2, -0.15) is 0 Å². The summed E-state index contributed by atoms with van der Waals surface area (Å²) >= 11 is 0. The number of hydrogen-bond donors (Lipinski definition) is 1. The number of carbonyl (C=O) groups is 1. The van der Waals surface area contributed by atoms with Crippen LogP contribution in [0.3, 0.4) is 0 Å². The van der Waals surface area contributed by atoms with Crippen molar-refractivity contribution >= 4 is 5.91 Å². The summed E-state index contributed by atoms with van der Waals surface area (Å²) in [5.41, 5.74) is 1.87. The summed E-state index contributed by atoms with van der Waals surface area (Å²) < 4.78 is 13.5. The average molecular weight is 328 g/mol. The Bertz CT molecular complexity index is 658. The van der Waals surface area contributed by atoms with Crippen molar-refractivity contribution in [1.82, 2.24) is 10.2 Å². The Labute approximate surface area is 143 Å². The second kappa shape index (κ2) is 8.60. The van der Waals surface area contributed by atoms with E-state index < -0.39 is 0 Å². The summed E-state index contributed by atoms with van der Waals surface area (Å²) in [7, 11) is 3.85. The maximum absolute atomic E-state index is 13.5. The Morgan fingerprint density at radius 2 is 1.75 bits per heavy atom. The molecule has 2 aromatic carbocycles. The first-order valence-electron chi connectivity index (χ1n) is 8.27. The van der Waals surface area contributed by atoms with Gasteiger partial charge in [0.05, 0.1) is 12.0 Å². The van der Waals surface area contributed by atoms with E-state index in [1.54, 1.807) is 6.07 Å². The van der Waals surface area contributed by atoms with Crippen molar-refractivity contribution in [2.75, 3.05) is 20.6 Å². The zero-order valence-corrected chi connectivity index (χ0v) is 14.5. The Hall–Kier alpha value is -2.20. The molecule has 1 N–H and O–H groups in total. The molecule has 0 spiro atoms. The highest BCUT2D eigenvalue weighted by molar-refractivity contribution is 5.83. The molecule has 0 saturated heterocycles. The topological polar surface area (TPSA) is 32.3 Å². The van der Waals surface area contributed by atoms with E-state index in [0.29, 0.717) is 6.54 Å². The molecular formula is C20H25FN2O. The number of likely N-dealkylation sites (N-methyl/N-ethyl adjacent to an activating group) is 1. The molecule has 0 bridgehead atoms. The van der Waals surface area contributed by atoms with Crippen LogP contribution in [0, 0.1) is 5.82 Å². The minimum atomic E-state index is -0.263. The van der Waals surface area contributed by atoms with Gasteiger partial charge in [0.1, 0.15) is 5.82 Å². The number of benzene rings is 2. The maximum atomic E-state index is 13.5. The highest BCUT2D eigenvalue weighted by atomic mass is 19.1. The van der Waals surface area contributed by atoms with Crippen LogP contribution in [0.25, 0.3) is 0 Å². The molecule has 0 radical (unpaired) electrons. The zero-order chi connectivity index (χ0) is 17.5. The lowest BCUT2D eigenvalue weighted by molar-refractivity contribution is -0.122. The van der Waals surface area contributed by atoms with Crippen LogP contribution >= 0.6 is 0 Å². The van der Waals surface area contributed by atoms with Gasteiger partial charge in [-0.3, -0.25) is 4.79 Å². The van der Waals surface area contributed by atoms with Crippen molar-refractivity contribution in [1.29, 1.82) is 0 Å². The first-order chi connectivity index (χ1) is 11.5. The van der Waals surface area contributed by atoms with Gasteiger partial charge in [-0.15, -0.1) is 0 Å². The van der Waals surface area contributed by atoms with Gasteiger partial charge in [-0.1, -0.05) is 49.4 Å². The van der Waals surface area contributed by atoms with Gasteiger partial charge in [0, 0.05) is 6.54 Å². The van der Waals surface area contributed by atoms with Crippen molar-refractivity contribution in [3.8, 4) is 0 Å². The lowest BCUT2D eigenvalue weighted by Crippen LogP contribution is -2.37. The molecule has 2 rings (SSSR count). The Morgan fingerprint density at radius 1 is 1.08 bits per heavy atom. The van der Waals surface area contributed by atoms with Gasteiger partial charge in [0.15, 0.2) is 0 Å². The number of nitrogens with one attached hydrogen (secondary N) is 1. The van der Waals surface area contributed by atoms with Crippen LogP contribution in [-0.2, 0) is 4.79 Å². The van der Waals surface area contributed by atoms with Crippen molar-refractivity contribution < 1.29 is 9.18 Å². The maximum Gasteiger partial charge on any atom is 0.227 e. The molecule has 0 heterocycles. The second-order valence-corrected chi connectivity index (χ2v) is 6.15. The third-order valence-corrected chi connectivity index (χ3v) is 4.25. The standard InChI is InChI=1S/C20H25FN2O/c1-4-18(15-9-6-5-7-10-15)20(24)22-14-19(23(2)3)16-11-8-12-17(21)13-16/h5-13,18-19H,4,14H2,1-3H3,(H,22,24)/t18-,19+/m0/s1. The van der Waals surface area contributed by atoms with Crippen LogP contribution in [0.15, 0.2) is 54.6 Å². The SMILES string of the molecule is CC[C@H](C(=O)NC[C@H](c1cccc(F)c1)N(C)C)c1ccccc1. The van der Waals surface area contributed by atoms with E-state index in [2.05, 4.69) is 5.32 Å². The van der Waals surface area contributed by atoms with Crippen LogP contribution in [0.4, 0.5) is 4.39 Å². The predicted molar refractivity (Wildman–Crippen MR) is 95.3 cm³/mol. The first kappa shape index (κ1) is 18.1. The largest absolute Gasteiger partial charge is 0.354 e. The molecule has 1 amide bonds. The fraction of sp³-hybridized carbons (Fsp3) is 0.350. The number of nitrogens with zero attached hydrogens (tertiary/aromatic N) is 1. The fourth-order valence-corrected chi connectivity index (χ4v) is 2.89. The summed E-state index contributed by atoms with van der Waals surface area (Å²) in [6.07, 6.45) is 0.739. The molecule has 2 aromatic rings. The van der Waals surface area contributed by atoms with Crippen molar-refractivity contribution in [3.05, 3.63) is 71.5 Å². The molecule has 3 nitrogen and oxygen atoms in total. The van der Waals surface area contributed by atoms with Gasteiger partial charge < -0.3 is 10.2 Å². The molecule has 24 heavy (non-hydrogen) atoms. The van der Waals surface area contributed by atoms with Gasteiger partial charge in [0.25, 0.3) is 0 Å². The fourth-order valence-electron chi connectivity index (χ4n) is 2.89. The predicted octanol–water partition coefficient (Wildman–Crippen LogP) is 3.74. The van der Waals surface area contributed by atoms with E-state index >= 15 is 0 Å². The van der Waals surface area contributed by atoms with E-state index in [0.717, 1.165) is 17.5 Å². The summed E-state index contributed by atoms with van der Waals surface area (Å²) in [5.74, 6) is -0.421. The third-order valence-electron chi connectivity index (χ3n) is 4.25. The lowest BCUT2D eigenvalue weighted by Gasteiger charge is -2.26. The molecule has 0 aromatic heterocycles. The summed E-state index contributed by atoms with van der Waals surface area (Å²) in [4.78, 5) is 14.6. The van der Waals surface area contributed by atoms with Gasteiger partial charge in [-0.05, 0) is 43.8 Å². The van der Waals surface area contributed by atoms with Gasteiger partial charge in [0.2, 0.25) is 5.91 Å². The highest BCUT2D eigenvalue weighted by Gasteiger charge is 2.21. The molecule has 0 unspecified atom stereocenters. The molecule has 0 aliphatic heterocycles. The molecule has 0 aliphatic rings. The van der Waals surface area contributed by atoms with Crippen LogP contribution in [0.5, 0.6) is 0 Å². The molecule has 4 heteroatoms. The minimum absolute atomic E-state index is 0.00644. The third kappa shape index (κ3) is 4.65. The molecule has 0 aliphatic carbocycles. The Balaban J connectivity index is 2.07. The number of hydrogen-bond acceptors (Lipinski definition) is 2. The zero-order valence-electron chi connectivity index (χ0n) is 14.5. The smallest absolute Gasteiger partial charge is 0.227 e. The van der Waals surface area contributed by atoms with Crippen molar-refractivity contribution in [2.45, 2.75) is 25.3 Å². The molecule has 2 atom stereocenters.